The molecular formula is C16H22N2O2S3. The fourth-order valence-corrected chi connectivity index (χ4v) is 5.60. The van der Waals surface area contributed by atoms with Crippen LogP contribution >= 0.6 is 34.9 Å². The molecule has 1 aliphatic rings. The Hall–Kier alpha value is -0.340. The molecule has 1 aliphatic heterocycles. The highest BCUT2D eigenvalue weighted by atomic mass is 32.2. The molecule has 0 aliphatic carbocycles. The van der Waals surface area contributed by atoms with Crippen molar-refractivity contribution in [3.05, 3.63) is 10.4 Å². The van der Waals surface area contributed by atoms with Crippen LogP contribution in [0.15, 0.2) is 10.2 Å². The maximum Gasteiger partial charge on any atom is 0.189 e. The summed E-state index contributed by atoms with van der Waals surface area (Å²) in [6.07, 6.45) is 0.917. The first-order valence-electron chi connectivity index (χ1n) is 7.76. The van der Waals surface area contributed by atoms with E-state index in [1.807, 2.05) is 0 Å². The van der Waals surface area contributed by atoms with Crippen LogP contribution in [0.2, 0.25) is 0 Å². The molecule has 2 aromatic heterocycles. The Bertz CT molecular complexity index is 713. The first-order valence-corrected chi connectivity index (χ1v) is 10.4. The molecule has 0 radical (unpaired) electrons. The maximum atomic E-state index is 9.16. The second-order valence-corrected chi connectivity index (χ2v) is 10.2. The van der Waals surface area contributed by atoms with Crippen molar-refractivity contribution >= 4 is 45.1 Å². The smallest absolute Gasteiger partial charge is 0.189 e. The van der Waals surface area contributed by atoms with Gasteiger partial charge in [-0.1, -0.05) is 25.6 Å². The Kier molecular flexibility index (Phi) is 5.23. The van der Waals surface area contributed by atoms with E-state index in [1.165, 1.54) is 10.4 Å². The number of thiophene rings is 1. The summed E-state index contributed by atoms with van der Waals surface area (Å²) < 4.78 is 7.13. The molecule has 126 valence electrons. The van der Waals surface area contributed by atoms with Crippen molar-refractivity contribution in [1.82, 2.24) is 9.97 Å². The molecule has 0 aromatic carbocycles. The number of fused-ring (bicyclic) bond motifs is 3. The van der Waals surface area contributed by atoms with Crippen LogP contribution in [0.4, 0.5) is 0 Å². The van der Waals surface area contributed by atoms with Crippen LogP contribution in [0.25, 0.3) is 10.2 Å². The summed E-state index contributed by atoms with van der Waals surface area (Å²) in [5.41, 5.74) is 2.15. The van der Waals surface area contributed by atoms with Gasteiger partial charge in [0, 0.05) is 27.9 Å². The fraction of sp³-hybridized carbons (Fsp3) is 0.625. The quantitative estimate of drug-likeness (QED) is 0.485. The van der Waals surface area contributed by atoms with Crippen LogP contribution < -0.4 is 0 Å². The van der Waals surface area contributed by atoms with Crippen molar-refractivity contribution < 1.29 is 9.84 Å². The normalized spacial score (nSPS) is 17.0. The topological polar surface area (TPSA) is 55.2 Å². The molecule has 3 heterocycles. The average molecular weight is 371 g/mol. The van der Waals surface area contributed by atoms with E-state index in [-0.39, 0.29) is 12.2 Å². The fourth-order valence-electron chi connectivity index (χ4n) is 2.52. The summed E-state index contributed by atoms with van der Waals surface area (Å²) in [6.45, 7) is 9.33. The summed E-state index contributed by atoms with van der Waals surface area (Å²) in [5.74, 6) is 0.655. The zero-order valence-electron chi connectivity index (χ0n) is 13.9. The zero-order valence-corrected chi connectivity index (χ0v) is 16.3. The Balaban J connectivity index is 2.10. The predicted octanol–water partition coefficient (Wildman–Crippen LogP) is 4.13. The lowest BCUT2D eigenvalue weighted by molar-refractivity contribution is -0.0383. The predicted molar refractivity (Wildman–Crippen MR) is 98.8 cm³/mol. The van der Waals surface area contributed by atoms with Gasteiger partial charge in [-0.05, 0) is 13.8 Å². The third-order valence-electron chi connectivity index (χ3n) is 3.53. The minimum atomic E-state index is -0.116. The number of thioether (sulfide) groups is 2. The second-order valence-electron chi connectivity index (χ2n) is 6.46. The molecule has 0 amide bonds. The first-order chi connectivity index (χ1) is 10.9. The van der Waals surface area contributed by atoms with Crippen molar-refractivity contribution in [3.63, 3.8) is 0 Å². The zero-order chi connectivity index (χ0) is 16.6. The Morgan fingerprint density at radius 2 is 2.13 bits per heavy atom. The van der Waals surface area contributed by atoms with Gasteiger partial charge in [0.25, 0.3) is 0 Å². The van der Waals surface area contributed by atoms with Gasteiger partial charge in [-0.15, -0.1) is 23.1 Å². The number of aliphatic hydroxyl groups excluding tert-OH is 1. The number of ether oxygens (including phenoxy) is 1. The van der Waals surface area contributed by atoms with Crippen LogP contribution in [-0.2, 0) is 17.8 Å². The molecule has 7 heteroatoms. The summed E-state index contributed by atoms with van der Waals surface area (Å²) in [6, 6.07) is 0. The standard InChI is InChI=1S/C16H22N2O2S3/c1-9(2)22-15-17-12-10-8-20-16(3,4)7-11(10)23-13(12)14(18-15)21-6-5-19/h9,19H,5-8H2,1-4H3. The van der Waals surface area contributed by atoms with Gasteiger partial charge < -0.3 is 9.84 Å². The van der Waals surface area contributed by atoms with Gasteiger partial charge in [0.15, 0.2) is 5.16 Å². The number of hydrogen-bond donors (Lipinski definition) is 1. The average Bonchev–Trinajstić information content (AvgIpc) is 2.80. The molecular weight excluding hydrogens is 348 g/mol. The maximum absolute atomic E-state index is 9.16. The molecule has 0 saturated heterocycles. The Morgan fingerprint density at radius 3 is 2.83 bits per heavy atom. The lowest BCUT2D eigenvalue weighted by Crippen LogP contribution is -2.30. The van der Waals surface area contributed by atoms with Gasteiger partial charge in [-0.3, -0.25) is 0 Å². The lowest BCUT2D eigenvalue weighted by atomic mass is 9.98. The molecule has 23 heavy (non-hydrogen) atoms. The van der Waals surface area contributed by atoms with Gasteiger partial charge in [0.1, 0.15) is 5.03 Å². The Morgan fingerprint density at radius 1 is 1.35 bits per heavy atom. The number of aromatic nitrogens is 2. The van der Waals surface area contributed by atoms with E-state index >= 15 is 0 Å². The van der Waals surface area contributed by atoms with E-state index < -0.39 is 0 Å². The van der Waals surface area contributed by atoms with Gasteiger partial charge in [0.05, 0.1) is 29.0 Å². The highest BCUT2D eigenvalue weighted by Gasteiger charge is 2.30. The van der Waals surface area contributed by atoms with Crippen molar-refractivity contribution in [2.75, 3.05) is 12.4 Å². The highest BCUT2D eigenvalue weighted by Crippen LogP contribution is 2.42. The number of hydrogen-bond acceptors (Lipinski definition) is 7. The minimum absolute atomic E-state index is 0.116. The van der Waals surface area contributed by atoms with Gasteiger partial charge in [-0.2, -0.15) is 0 Å². The van der Waals surface area contributed by atoms with E-state index in [0.717, 1.165) is 26.8 Å². The summed E-state index contributed by atoms with van der Waals surface area (Å²) in [5, 5.41) is 11.4. The molecule has 0 unspecified atom stereocenters. The third kappa shape index (κ3) is 3.85. The second kappa shape index (κ2) is 6.88. The van der Waals surface area contributed by atoms with Crippen molar-refractivity contribution in [1.29, 1.82) is 0 Å². The summed E-state index contributed by atoms with van der Waals surface area (Å²) >= 11 is 5.08. The van der Waals surface area contributed by atoms with E-state index in [2.05, 4.69) is 27.7 Å². The molecule has 2 aromatic rings. The van der Waals surface area contributed by atoms with E-state index in [9.17, 15) is 0 Å². The molecule has 4 nitrogen and oxygen atoms in total. The number of aliphatic hydroxyl groups is 1. The van der Waals surface area contributed by atoms with Crippen molar-refractivity contribution in [2.45, 2.75) is 61.8 Å². The van der Waals surface area contributed by atoms with E-state index in [1.54, 1.807) is 34.9 Å². The molecule has 0 spiro atoms. The molecule has 3 rings (SSSR count). The van der Waals surface area contributed by atoms with Gasteiger partial charge in [0.2, 0.25) is 0 Å². The SMILES string of the molecule is CC(C)Sc1nc(SCCO)c2sc3c(c2n1)COC(C)(C)C3. The first kappa shape index (κ1) is 17.5. The van der Waals surface area contributed by atoms with Crippen LogP contribution in [0.3, 0.4) is 0 Å². The van der Waals surface area contributed by atoms with Gasteiger partial charge >= 0.3 is 0 Å². The van der Waals surface area contributed by atoms with Gasteiger partial charge in [-0.25, -0.2) is 9.97 Å². The van der Waals surface area contributed by atoms with Crippen molar-refractivity contribution in [3.8, 4) is 0 Å². The largest absolute Gasteiger partial charge is 0.396 e. The molecule has 0 saturated carbocycles. The van der Waals surface area contributed by atoms with Crippen molar-refractivity contribution in [2.24, 2.45) is 0 Å². The van der Waals surface area contributed by atoms with Crippen LogP contribution in [-0.4, -0.2) is 38.3 Å². The van der Waals surface area contributed by atoms with Crippen LogP contribution in [0, 0.1) is 0 Å². The van der Waals surface area contributed by atoms with Crippen LogP contribution in [0.1, 0.15) is 38.1 Å². The Labute approximate surface area is 149 Å². The monoisotopic (exact) mass is 370 g/mol. The van der Waals surface area contributed by atoms with E-state index in [4.69, 9.17) is 19.8 Å². The molecule has 0 fully saturated rings. The molecule has 1 N–H and O–H groups in total. The number of rotatable bonds is 5. The highest BCUT2D eigenvalue weighted by molar-refractivity contribution is 8.00. The van der Waals surface area contributed by atoms with E-state index in [0.29, 0.717) is 17.6 Å². The minimum Gasteiger partial charge on any atom is -0.396 e. The summed E-state index contributed by atoms with van der Waals surface area (Å²) in [7, 11) is 0. The summed E-state index contributed by atoms with van der Waals surface area (Å²) in [4.78, 5) is 10.9. The van der Waals surface area contributed by atoms with Crippen LogP contribution in [0.5, 0.6) is 0 Å². The lowest BCUT2D eigenvalue weighted by Gasteiger charge is -2.29. The molecule has 0 atom stereocenters. The number of nitrogens with zero attached hydrogens (tertiary/aromatic N) is 2. The third-order valence-corrected chi connectivity index (χ3v) is 6.70. The molecule has 0 bridgehead atoms.